The fourth-order valence-electron chi connectivity index (χ4n) is 4.52. The maximum absolute atomic E-state index is 13.4. The molecule has 1 aromatic heterocycles. The zero-order valence-corrected chi connectivity index (χ0v) is 17.0. The number of halogens is 1. The number of piperidine rings is 1. The Balaban J connectivity index is 1.55. The third kappa shape index (κ3) is 3.92. The van der Waals surface area contributed by atoms with Crippen LogP contribution in [0, 0.1) is 5.82 Å². The first-order chi connectivity index (χ1) is 14.0. The average molecular weight is 394 g/mol. The van der Waals surface area contributed by atoms with Gasteiger partial charge in [0.2, 0.25) is 5.91 Å². The van der Waals surface area contributed by atoms with E-state index >= 15 is 0 Å². The fraction of sp³-hybridized carbons (Fsp3) is 0.375. The van der Waals surface area contributed by atoms with Crippen LogP contribution in [0.3, 0.4) is 0 Å². The molecule has 1 N–H and O–H groups in total. The molecule has 0 saturated carbocycles. The molecule has 3 aromatic rings. The molecule has 0 atom stereocenters. The summed E-state index contributed by atoms with van der Waals surface area (Å²) < 4.78 is 19.5. The summed E-state index contributed by atoms with van der Waals surface area (Å²) in [4.78, 5) is 14.3. The number of hydrogen-bond acceptors (Lipinski definition) is 3. The quantitative estimate of drug-likeness (QED) is 0.679. The Bertz CT molecular complexity index is 1000. The molecule has 1 fully saturated rings. The number of furan rings is 1. The monoisotopic (exact) mass is 394 g/mol. The second kappa shape index (κ2) is 7.99. The number of para-hydroxylation sites is 1. The number of rotatable bonds is 5. The molecule has 1 saturated heterocycles. The Morgan fingerprint density at radius 3 is 2.48 bits per heavy atom. The normalized spacial score (nSPS) is 16.8. The van der Waals surface area contributed by atoms with Gasteiger partial charge in [-0.05, 0) is 36.6 Å². The molecule has 1 aliphatic heterocycles. The van der Waals surface area contributed by atoms with Gasteiger partial charge in [-0.3, -0.25) is 9.69 Å². The summed E-state index contributed by atoms with van der Waals surface area (Å²) in [6.45, 7) is 6.19. The summed E-state index contributed by atoms with van der Waals surface area (Å²) in [6, 6.07) is 14.7. The van der Waals surface area contributed by atoms with E-state index in [0.717, 1.165) is 55.8 Å². The average Bonchev–Trinajstić information content (AvgIpc) is 3.07. The van der Waals surface area contributed by atoms with E-state index in [0.29, 0.717) is 0 Å². The first kappa shape index (κ1) is 19.6. The van der Waals surface area contributed by atoms with Crippen molar-refractivity contribution in [3.05, 3.63) is 71.2 Å². The van der Waals surface area contributed by atoms with E-state index < -0.39 is 5.54 Å². The van der Waals surface area contributed by atoms with Crippen LogP contribution in [0.2, 0.25) is 0 Å². The lowest BCUT2D eigenvalue weighted by Crippen LogP contribution is -2.52. The van der Waals surface area contributed by atoms with E-state index in [1.165, 1.54) is 23.1 Å². The molecule has 0 spiro atoms. The van der Waals surface area contributed by atoms with Crippen molar-refractivity contribution in [1.82, 2.24) is 10.2 Å². The van der Waals surface area contributed by atoms with Crippen molar-refractivity contribution in [1.29, 1.82) is 0 Å². The Morgan fingerprint density at radius 1 is 1.14 bits per heavy atom. The Kier molecular flexibility index (Phi) is 5.41. The number of amides is 1. The number of hydrogen-bond donors (Lipinski definition) is 1. The third-order valence-electron chi connectivity index (χ3n) is 6.01. The van der Waals surface area contributed by atoms with Crippen molar-refractivity contribution in [2.45, 2.75) is 45.2 Å². The third-order valence-corrected chi connectivity index (χ3v) is 6.01. The van der Waals surface area contributed by atoms with Gasteiger partial charge in [-0.25, -0.2) is 4.39 Å². The minimum atomic E-state index is -0.442. The maximum Gasteiger partial charge on any atom is 0.217 e. The molecular formula is C24H27FN2O2. The number of benzene rings is 2. The van der Waals surface area contributed by atoms with Gasteiger partial charge < -0.3 is 9.73 Å². The van der Waals surface area contributed by atoms with Gasteiger partial charge in [0.05, 0.1) is 5.54 Å². The van der Waals surface area contributed by atoms with E-state index in [-0.39, 0.29) is 11.7 Å². The van der Waals surface area contributed by atoms with Gasteiger partial charge in [-0.1, -0.05) is 37.3 Å². The molecule has 152 valence electrons. The van der Waals surface area contributed by atoms with Crippen molar-refractivity contribution in [2.75, 3.05) is 13.1 Å². The Morgan fingerprint density at radius 2 is 1.83 bits per heavy atom. The lowest BCUT2D eigenvalue weighted by atomic mass is 9.80. The van der Waals surface area contributed by atoms with Gasteiger partial charge >= 0.3 is 0 Å². The molecule has 0 radical (unpaired) electrons. The Labute approximate surface area is 170 Å². The number of carbonyl (C=O) groups is 1. The summed E-state index contributed by atoms with van der Waals surface area (Å²) in [5, 5.41) is 4.34. The standard InChI is InChI=1S/C24H27FN2O2/c1-3-22-21(20-6-4-5-7-23(20)29-22)16-27-14-12-24(13-15-27,26-17(2)28)18-8-10-19(25)11-9-18/h4-11H,3,12-16H2,1-2H3,(H,26,28). The highest BCUT2D eigenvalue weighted by Crippen LogP contribution is 2.35. The second-order valence-corrected chi connectivity index (χ2v) is 7.90. The van der Waals surface area contributed by atoms with Crippen LogP contribution in [0.5, 0.6) is 0 Å². The molecular weight excluding hydrogens is 367 g/mol. The van der Waals surface area contributed by atoms with Crippen LogP contribution in [0.15, 0.2) is 52.9 Å². The van der Waals surface area contributed by atoms with Crippen molar-refractivity contribution in [2.24, 2.45) is 0 Å². The van der Waals surface area contributed by atoms with Crippen LogP contribution in [0.25, 0.3) is 11.0 Å². The summed E-state index contributed by atoms with van der Waals surface area (Å²) in [6.07, 6.45) is 2.44. The van der Waals surface area contributed by atoms with Gasteiger partial charge in [0.1, 0.15) is 17.2 Å². The summed E-state index contributed by atoms with van der Waals surface area (Å²) in [5.41, 5.74) is 2.73. The molecule has 0 unspecified atom stereocenters. The highest BCUT2D eigenvalue weighted by atomic mass is 19.1. The summed E-state index contributed by atoms with van der Waals surface area (Å²) in [5.74, 6) is 0.725. The minimum Gasteiger partial charge on any atom is -0.461 e. The van der Waals surface area contributed by atoms with Crippen molar-refractivity contribution in [3.8, 4) is 0 Å². The van der Waals surface area contributed by atoms with Gasteiger partial charge in [0, 0.05) is 43.9 Å². The first-order valence-corrected chi connectivity index (χ1v) is 10.3. The lowest BCUT2D eigenvalue weighted by molar-refractivity contribution is -0.121. The molecule has 0 bridgehead atoms. The van der Waals surface area contributed by atoms with E-state index in [9.17, 15) is 9.18 Å². The second-order valence-electron chi connectivity index (χ2n) is 7.90. The smallest absolute Gasteiger partial charge is 0.217 e. The molecule has 0 aliphatic carbocycles. The zero-order valence-electron chi connectivity index (χ0n) is 17.0. The molecule has 5 heteroatoms. The lowest BCUT2D eigenvalue weighted by Gasteiger charge is -2.42. The maximum atomic E-state index is 13.4. The van der Waals surface area contributed by atoms with E-state index in [1.807, 2.05) is 18.2 Å². The van der Waals surface area contributed by atoms with Crippen LogP contribution in [0.4, 0.5) is 4.39 Å². The van der Waals surface area contributed by atoms with Gasteiger partial charge in [-0.15, -0.1) is 0 Å². The summed E-state index contributed by atoms with van der Waals surface area (Å²) in [7, 11) is 0. The molecule has 4 rings (SSSR count). The van der Waals surface area contributed by atoms with Crippen molar-refractivity contribution >= 4 is 16.9 Å². The topological polar surface area (TPSA) is 45.5 Å². The highest BCUT2D eigenvalue weighted by molar-refractivity contribution is 5.82. The molecule has 1 aliphatic rings. The molecule has 2 aromatic carbocycles. The zero-order chi connectivity index (χ0) is 20.4. The SMILES string of the molecule is CCc1oc2ccccc2c1CN1CCC(NC(C)=O)(c2ccc(F)cc2)CC1. The van der Waals surface area contributed by atoms with E-state index in [2.05, 4.69) is 23.2 Å². The Hall–Kier alpha value is -2.66. The number of likely N-dealkylation sites (tertiary alicyclic amines) is 1. The number of nitrogens with zero attached hydrogens (tertiary/aromatic N) is 1. The van der Waals surface area contributed by atoms with Crippen LogP contribution < -0.4 is 5.32 Å². The van der Waals surface area contributed by atoms with Crippen molar-refractivity contribution < 1.29 is 13.6 Å². The van der Waals surface area contributed by atoms with Gasteiger partial charge in [0.15, 0.2) is 0 Å². The molecule has 1 amide bonds. The largest absolute Gasteiger partial charge is 0.461 e. The number of fused-ring (bicyclic) bond motifs is 1. The molecule has 29 heavy (non-hydrogen) atoms. The van der Waals surface area contributed by atoms with Gasteiger partial charge in [0.25, 0.3) is 0 Å². The van der Waals surface area contributed by atoms with Crippen molar-refractivity contribution in [3.63, 3.8) is 0 Å². The van der Waals surface area contributed by atoms with E-state index in [1.54, 1.807) is 19.1 Å². The van der Waals surface area contributed by atoms with E-state index in [4.69, 9.17) is 4.42 Å². The highest BCUT2D eigenvalue weighted by Gasteiger charge is 2.37. The van der Waals surface area contributed by atoms with Crippen LogP contribution in [-0.2, 0) is 23.3 Å². The number of carbonyl (C=O) groups excluding carboxylic acids is 1. The number of nitrogens with one attached hydrogen (secondary N) is 1. The first-order valence-electron chi connectivity index (χ1n) is 10.3. The predicted octanol–water partition coefficient (Wildman–Crippen LogP) is 4.76. The fourth-order valence-corrected chi connectivity index (χ4v) is 4.52. The van der Waals surface area contributed by atoms with Crippen LogP contribution in [0.1, 0.15) is 43.6 Å². The molecule has 2 heterocycles. The van der Waals surface area contributed by atoms with Crippen LogP contribution in [-0.4, -0.2) is 23.9 Å². The minimum absolute atomic E-state index is 0.0585. The summed E-state index contributed by atoms with van der Waals surface area (Å²) >= 11 is 0. The number of aryl methyl sites for hydroxylation is 1. The predicted molar refractivity (Wildman–Crippen MR) is 112 cm³/mol. The van der Waals surface area contributed by atoms with Crippen LogP contribution >= 0.6 is 0 Å². The molecule has 4 nitrogen and oxygen atoms in total. The van der Waals surface area contributed by atoms with Gasteiger partial charge in [-0.2, -0.15) is 0 Å².